The van der Waals surface area contributed by atoms with Crippen molar-refractivity contribution < 1.29 is 4.79 Å². The smallest absolute Gasteiger partial charge is 0.314 e. The van der Waals surface area contributed by atoms with Gasteiger partial charge in [-0.3, -0.25) is 0 Å². The summed E-state index contributed by atoms with van der Waals surface area (Å²) in [4.78, 5) is 12.7. The fourth-order valence-corrected chi connectivity index (χ4v) is 2.59. The van der Waals surface area contributed by atoms with E-state index in [1.54, 1.807) is 4.90 Å². The first-order valence-electron chi connectivity index (χ1n) is 6.98. The lowest BCUT2D eigenvalue weighted by atomic mass is 10.0. The predicted molar refractivity (Wildman–Crippen MR) is 77.1 cm³/mol. The van der Waals surface area contributed by atoms with Gasteiger partial charge in [-0.05, 0) is 38.3 Å². The molecule has 4 heteroatoms. The summed E-state index contributed by atoms with van der Waals surface area (Å²) in [7, 11) is 0. The van der Waals surface area contributed by atoms with Crippen LogP contribution in [0.3, 0.4) is 0 Å². The Morgan fingerprint density at radius 3 is 2.79 bits per heavy atom. The first-order chi connectivity index (χ1) is 9.15. The molecular formula is C15H23N3O. The van der Waals surface area contributed by atoms with Crippen molar-refractivity contribution in [2.45, 2.75) is 32.2 Å². The van der Waals surface area contributed by atoms with E-state index in [1.165, 1.54) is 11.1 Å². The van der Waals surface area contributed by atoms with Crippen LogP contribution in [-0.2, 0) is 6.42 Å². The van der Waals surface area contributed by atoms with E-state index in [4.69, 9.17) is 5.73 Å². The van der Waals surface area contributed by atoms with Gasteiger partial charge in [0.25, 0.3) is 0 Å². The number of benzene rings is 1. The average Bonchev–Trinajstić information content (AvgIpc) is 2.39. The third-order valence-corrected chi connectivity index (χ3v) is 3.74. The summed E-state index contributed by atoms with van der Waals surface area (Å²) in [6, 6.07) is 8.85. The molecule has 0 bridgehead atoms. The van der Waals surface area contributed by atoms with Crippen molar-refractivity contribution >= 4 is 6.03 Å². The van der Waals surface area contributed by atoms with Crippen LogP contribution in [0.1, 0.15) is 24.0 Å². The topological polar surface area (TPSA) is 58.4 Å². The van der Waals surface area contributed by atoms with Gasteiger partial charge in [0.1, 0.15) is 0 Å². The number of nitrogens with one attached hydrogen (secondary N) is 1. The number of amides is 2. The van der Waals surface area contributed by atoms with E-state index in [-0.39, 0.29) is 6.03 Å². The van der Waals surface area contributed by atoms with Crippen LogP contribution in [0.25, 0.3) is 0 Å². The molecule has 0 aromatic heterocycles. The number of aryl methyl sites for hydroxylation is 1. The molecule has 0 radical (unpaired) electrons. The van der Waals surface area contributed by atoms with Crippen LogP contribution in [0.5, 0.6) is 0 Å². The van der Waals surface area contributed by atoms with Gasteiger partial charge in [-0.15, -0.1) is 0 Å². The van der Waals surface area contributed by atoms with Crippen molar-refractivity contribution in [1.82, 2.24) is 10.2 Å². The molecule has 1 aliphatic rings. The highest BCUT2D eigenvalue weighted by atomic mass is 16.2. The molecule has 1 aliphatic heterocycles. The molecule has 4 nitrogen and oxygen atoms in total. The standard InChI is InChI=1S/C15H23N3O/c1-12-3-2-4-13(11-12)5-8-17-14-6-9-18(10-7-14)15(16)19/h2-4,11,14,17H,5-10H2,1H3,(H2,16,19). The van der Waals surface area contributed by atoms with Crippen LogP contribution in [0.15, 0.2) is 24.3 Å². The van der Waals surface area contributed by atoms with E-state index in [1.807, 2.05) is 0 Å². The third-order valence-electron chi connectivity index (χ3n) is 3.74. The Morgan fingerprint density at radius 2 is 2.16 bits per heavy atom. The Balaban J connectivity index is 1.68. The normalized spacial score (nSPS) is 16.6. The van der Waals surface area contributed by atoms with E-state index in [0.717, 1.165) is 38.9 Å². The molecule has 1 fully saturated rings. The number of likely N-dealkylation sites (tertiary alicyclic amines) is 1. The summed E-state index contributed by atoms with van der Waals surface area (Å²) in [6.07, 6.45) is 3.05. The molecule has 19 heavy (non-hydrogen) atoms. The number of nitrogens with zero attached hydrogens (tertiary/aromatic N) is 1. The van der Waals surface area contributed by atoms with Gasteiger partial charge in [-0.1, -0.05) is 29.8 Å². The Kier molecular flexibility index (Phi) is 4.80. The summed E-state index contributed by atoms with van der Waals surface area (Å²) in [5, 5.41) is 3.57. The lowest BCUT2D eigenvalue weighted by Crippen LogP contribution is -2.47. The molecule has 1 heterocycles. The first-order valence-corrected chi connectivity index (χ1v) is 6.98. The van der Waals surface area contributed by atoms with Gasteiger partial charge in [0.15, 0.2) is 0 Å². The van der Waals surface area contributed by atoms with Crippen molar-refractivity contribution in [3.63, 3.8) is 0 Å². The van der Waals surface area contributed by atoms with Crippen LogP contribution >= 0.6 is 0 Å². The van der Waals surface area contributed by atoms with Crippen LogP contribution in [0.4, 0.5) is 4.79 Å². The van der Waals surface area contributed by atoms with Crippen LogP contribution in [-0.4, -0.2) is 36.6 Å². The Hall–Kier alpha value is -1.55. The van der Waals surface area contributed by atoms with Gasteiger partial charge < -0.3 is 16.0 Å². The van der Waals surface area contributed by atoms with Crippen LogP contribution < -0.4 is 11.1 Å². The number of carbonyl (C=O) groups excluding carboxylic acids is 1. The van der Waals surface area contributed by atoms with Gasteiger partial charge in [0.2, 0.25) is 0 Å². The van der Waals surface area contributed by atoms with E-state index in [2.05, 4.69) is 36.5 Å². The highest BCUT2D eigenvalue weighted by Crippen LogP contribution is 2.10. The summed E-state index contributed by atoms with van der Waals surface area (Å²) in [6.45, 7) is 4.66. The fourth-order valence-electron chi connectivity index (χ4n) is 2.59. The molecule has 1 aromatic rings. The SMILES string of the molecule is Cc1cccc(CCNC2CCN(C(N)=O)CC2)c1. The molecular weight excluding hydrogens is 238 g/mol. The van der Waals surface area contributed by atoms with Crippen molar-refractivity contribution in [2.75, 3.05) is 19.6 Å². The number of primary amides is 1. The average molecular weight is 261 g/mol. The molecule has 0 atom stereocenters. The number of hydrogen-bond donors (Lipinski definition) is 2. The minimum Gasteiger partial charge on any atom is -0.351 e. The van der Waals surface area contributed by atoms with Gasteiger partial charge in [0, 0.05) is 19.1 Å². The van der Waals surface area contributed by atoms with Crippen LogP contribution in [0, 0.1) is 6.92 Å². The van der Waals surface area contributed by atoms with E-state index in [0.29, 0.717) is 6.04 Å². The van der Waals surface area contributed by atoms with Gasteiger partial charge in [-0.2, -0.15) is 0 Å². The lowest BCUT2D eigenvalue weighted by molar-refractivity contribution is 0.185. The number of hydrogen-bond acceptors (Lipinski definition) is 2. The molecule has 2 amide bonds. The molecule has 0 unspecified atom stereocenters. The lowest BCUT2D eigenvalue weighted by Gasteiger charge is -2.31. The zero-order valence-corrected chi connectivity index (χ0v) is 11.6. The number of nitrogens with two attached hydrogens (primary N) is 1. The van der Waals surface area contributed by atoms with Crippen molar-refractivity contribution in [3.8, 4) is 0 Å². The molecule has 1 aromatic carbocycles. The first kappa shape index (κ1) is 13.9. The van der Waals surface area contributed by atoms with Gasteiger partial charge >= 0.3 is 6.03 Å². The van der Waals surface area contributed by atoms with E-state index in [9.17, 15) is 4.79 Å². The largest absolute Gasteiger partial charge is 0.351 e. The quantitative estimate of drug-likeness (QED) is 0.866. The minimum absolute atomic E-state index is 0.293. The molecule has 0 aliphatic carbocycles. The Morgan fingerprint density at radius 1 is 1.42 bits per heavy atom. The number of piperidine rings is 1. The summed E-state index contributed by atoms with van der Waals surface area (Å²) in [5.41, 5.74) is 7.96. The molecule has 0 spiro atoms. The number of rotatable bonds is 4. The minimum atomic E-state index is -0.293. The van der Waals surface area contributed by atoms with Gasteiger partial charge in [-0.25, -0.2) is 4.79 Å². The fraction of sp³-hybridized carbons (Fsp3) is 0.533. The predicted octanol–water partition coefficient (Wildman–Crippen LogP) is 1.67. The maximum absolute atomic E-state index is 11.0. The zero-order chi connectivity index (χ0) is 13.7. The molecule has 2 rings (SSSR count). The third kappa shape index (κ3) is 4.24. The zero-order valence-electron chi connectivity index (χ0n) is 11.6. The van der Waals surface area contributed by atoms with Crippen molar-refractivity contribution in [3.05, 3.63) is 35.4 Å². The molecule has 3 N–H and O–H groups in total. The second-order valence-electron chi connectivity index (χ2n) is 5.29. The summed E-state index contributed by atoms with van der Waals surface area (Å²) in [5.74, 6) is 0. The van der Waals surface area contributed by atoms with E-state index < -0.39 is 0 Å². The second kappa shape index (κ2) is 6.57. The Labute approximate surface area is 115 Å². The maximum atomic E-state index is 11.0. The highest BCUT2D eigenvalue weighted by molar-refractivity contribution is 5.72. The number of carbonyl (C=O) groups is 1. The van der Waals surface area contributed by atoms with Gasteiger partial charge in [0.05, 0.1) is 0 Å². The van der Waals surface area contributed by atoms with Crippen LogP contribution in [0.2, 0.25) is 0 Å². The summed E-state index contributed by atoms with van der Waals surface area (Å²) >= 11 is 0. The highest BCUT2D eigenvalue weighted by Gasteiger charge is 2.20. The number of urea groups is 1. The molecule has 0 saturated carbocycles. The summed E-state index contributed by atoms with van der Waals surface area (Å²) < 4.78 is 0. The van der Waals surface area contributed by atoms with Crippen molar-refractivity contribution in [1.29, 1.82) is 0 Å². The Bertz CT molecular complexity index is 425. The molecule has 1 saturated heterocycles. The maximum Gasteiger partial charge on any atom is 0.314 e. The second-order valence-corrected chi connectivity index (χ2v) is 5.29. The monoisotopic (exact) mass is 261 g/mol. The van der Waals surface area contributed by atoms with Crippen molar-refractivity contribution in [2.24, 2.45) is 5.73 Å². The molecule has 104 valence electrons. The van der Waals surface area contributed by atoms with E-state index >= 15 is 0 Å².